The first-order valence-corrected chi connectivity index (χ1v) is 7.69. The number of hydrogen-bond acceptors (Lipinski definition) is 3. The Balaban J connectivity index is 1.96. The summed E-state index contributed by atoms with van der Waals surface area (Å²) in [7, 11) is 0. The van der Waals surface area contributed by atoms with E-state index in [0.717, 1.165) is 43.2 Å². The van der Waals surface area contributed by atoms with Crippen molar-refractivity contribution in [3.63, 3.8) is 0 Å². The molecule has 2 heterocycles. The molecule has 0 bridgehead atoms. The summed E-state index contributed by atoms with van der Waals surface area (Å²) in [6.45, 7) is 8.19. The number of nitrogens with zero attached hydrogens (tertiary/aromatic N) is 5. The predicted octanol–water partition coefficient (Wildman–Crippen LogP) is 1.36. The maximum Gasteiger partial charge on any atom is 0.472 e. The van der Waals surface area contributed by atoms with E-state index in [0.29, 0.717) is 0 Å². The maximum absolute atomic E-state index is 6.11. The third-order valence-electron chi connectivity index (χ3n) is 3.90. The summed E-state index contributed by atoms with van der Waals surface area (Å²) in [5, 5.41) is 8.27. The minimum Gasteiger partial charge on any atom is -0.278 e. The number of para-hydroxylation sites is 1. The van der Waals surface area contributed by atoms with Crippen molar-refractivity contribution >= 4 is 17.1 Å². The van der Waals surface area contributed by atoms with E-state index in [1.54, 1.807) is 0 Å². The zero-order chi connectivity index (χ0) is 14.7. The molecule has 0 aliphatic carbocycles. The van der Waals surface area contributed by atoms with Crippen LogP contribution in [-0.2, 0) is 0 Å². The highest BCUT2D eigenvalue weighted by Crippen LogP contribution is 2.10. The summed E-state index contributed by atoms with van der Waals surface area (Å²) >= 11 is 0. The fourth-order valence-corrected chi connectivity index (χ4v) is 2.71. The molecule has 6 heteroatoms. The van der Waals surface area contributed by atoms with Gasteiger partial charge in [-0.1, -0.05) is 17.0 Å². The van der Waals surface area contributed by atoms with Gasteiger partial charge in [-0.3, -0.25) is 4.84 Å². The van der Waals surface area contributed by atoms with Gasteiger partial charge in [0.05, 0.1) is 26.2 Å². The Bertz CT molecular complexity index is 636. The van der Waals surface area contributed by atoms with Gasteiger partial charge in [-0.05, 0) is 44.0 Å². The van der Waals surface area contributed by atoms with Crippen LogP contribution < -0.4 is 4.84 Å². The van der Waals surface area contributed by atoms with E-state index < -0.39 is 0 Å². The van der Waals surface area contributed by atoms with Crippen LogP contribution >= 0.6 is 0 Å². The van der Waals surface area contributed by atoms with E-state index in [1.165, 1.54) is 17.7 Å². The van der Waals surface area contributed by atoms with Gasteiger partial charge in [0.15, 0.2) is 0 Å². The van der Waals surface area contributed by atoms with Gasteiger partial charge < -0.3 is 0 Å². The lowest BCUT2D eigenvalue weighted by Crippen LogP contribution is -2.44. The summed E-state index contributed by atoms with van der Waals surface area (Å²) in [6.07, 6.45) is 2.43. The second-order valence-corrected chi connectivity index (χ2v) is 5.19. The van der Waals surface area contributed by atoms with Gasteiger partial charge in [0.1, 0.15) is 11.0 Å². The van der Waals surface area contributed by atoms with Gasteiger partial charge in [-0.15, -0.1) is 5.10 Å². The highest BCUT2D eigenvalue weighted by Gasteiger charge is 2.27. The molecule has 0 unspecified atom stereocenters. The normalized spacial score (nSPS) is 14.7. The first-order chi connectivity index (χ1) is 10.3. The molecule has 0 N–H and O–H groups in total. The van der Waals surface area contributed by atoms with Gasteiger partial charge in [0.2, 0.25) is 0 Å². The molecule has 6 nitrogen and oxygen atoms in total. The average Bonchev–Trinajstić information content (AvgIpc) is 3.17. The van der Waals surface area contributed by atoms with Crippen LogP contribution in [0.15, 0.2) is 24.3 Å². The van der Waals surface area contributed by atoms with Crippen LogP contribution in [0, 0.1) is 0 Å². The zero-order valence-corrected chi connectivity index (χ0v) is 12.7. The molecule has 21 heavy (non-hydrogen) atoms. The third-order valence-corrected chi connectivity index (χ3v) is 3.90. The summed E-state index contributed by atoms with van der Waals surface area (Å²) < 4.78 is 2.30. The molecule has 1 saturated heterocycles. The number of hydrogen-bond donors (Lipinski definition) is 0. The molecule has 0 spiro atoms. The van der Waals surface area contributed by atoms with Crippen LogP contribution in [0.4, 0.5) is 0 Å². The Hall–Kier alpha value is -2.11. The van der Waals surface area contributed by atoms with Crippen molar-refractivity contribution in [2.24, 2.45) is 0 Å². The minimum atomic E-state index is 0.845. The molecule has 1 aliphatic rings. The zero-order valence-electron chi connectivity index (χ0n) is 12.7. The molecule has 0 amide bonds. The highest BCUT2D eigenvalue weighted by atomic mass is 16.7. The molecule has 0 radical (unpaired) electrons. The molecule has 0 saturated carbocycles. The quantitative estimate of drug-likeness (QED) is 0.632. The van der Waals surface area contributed by atoms with Crippen LogP contribution in [0.1, 0.15) is 26.7 Å². The molecule has 0 atom stereocenters. The van der Waals surface area contributed by atoms with Gasteiger partial charge in [-0.25, -0.2) is 9.48 Å². The molecule has 2 aromatic rings. The van der Waals surface area contributed by atoms with Crippen molar-refractivity contribution < 1.29 is 9.41 Å². The first-order valence-electron chi connectivity index (χ1n) is 7.69. The lowest BCUT2D eigenvalue weighted by molar-refractivity contribution is -0.521. The topological polar surface area (TPSA) is 46.2 Å². The van der Waals surface area contributed by atoms with Crippen LogP contribution in [0.5, 0.6) is 0 Å². The van der Waals surface area contributed by atoms with Crippen LogP contribution in [0.2, 0.25) is 0 Å². The largest absolute Gasteiger partial charge is 0.472 e. The highest BCUT2D eigenvalue weighted by molar-refractivity contribution is 5.75. The smallest absolute Gasteiger partial charge is 0.278 e. The van der Waals surface area contributed by atoms with Gasteiger partial charge in [-0.2, -0.15) is 0 Å². The third kappa shape index (κ3) is 2.70. The van der Waals surface area contributed by atoms with Crippen LogP contribution in [-0.4, -0.2) is 56.8 Å². The Morgan fingerprint density at radius 1 is 1.24 bits per heavy atom. The van der Waals surface area contributed by atoms with Crippen LogP contribution in [0.25, 0.3) is 11.0 Å². The fourth-order valence-electron chi connectivity index (χ4n) is 2.71. The average molecular weight is 288 g/mol. The van der Waals surface area contributed by atoms with Crippen molar-refractivity contribution in [2.45, 2.75) is 26.7 Å². The predicted molar refractivity (Wildman–Crippen MR) is 81.3 cm³/mol. The Morgan fingerprint density at radius 2 is 1.95 bits per heavy atom. The second kappa shape index (κ2) is 6.11. The van der Waals surface area contributed by atoms with Crippen molar-refractivity contribution in [3.05, 3.63) is 24.3 Å². The monoisotopic (exact) mass is 288 g/mol. The van der Waals surface area contributed by atoms with Crippen molar-refractivity contribution in [1.82, 2.24) is 20.1 Å². The molecule has 1 aliphatic heterocycles. The van der Waals surface area contributed by atoms with Crippen molar-refractivity contribution in [1.29, 1.82) is 0 Å². The molecule has 1 aromatic carbocycles. The Morgan fingerprint density at radius 3 is 2.67 bits per heavy atom. The summed E-state index contributed by atoms with van der Waals surface area (Å²) in [6, 6.07) is 8.72. The number of benzene rings is 1. The van der Waals surface area contributed by atoms with E-state index in [9.17, 15) is 0 Å². The fraction of sp³-hybridized carbons (Fsp3) is 0.533. The lowest BCUT2D eigenvalue weighted by Gasteiger charge is -2.17. The number of amidine groups is 1. The molecular formula is C15H22N5O+. The molecule has 3 rings (SSSR count). The van der Waals surface area contributed by atoms with Crippen molar-refractivity contribution in [3.8, 4) is 0 Å². The molecule has 112 valence electrons. The lowest BCUT2D eigenvalue weighted by atomic mass is 10.3. The number of aromatic nitrogens is 3. The molecule has 1 aromatic heterocycles. The van der Waals surface area contributed by atoms with Crippen LogP contribution in [0.3, 0.4) is 0 Å². The minimum absolute atomic E-state index is 0.845. The van der Waals surface area contributed by atoms with E-state index in [2.05, 4.69) is 33.6 Å². The standard InChI is InChI=1S/C15H22N5O/c1-3-18(4-2)15(19-11-7-8-12-19)21-20-14-10-6-5-9-13(14)16-17-20/h5-6,9-10H,3-4,7-8,11-12H2,1-2H3/q+1. The van der Waals surface area contributed by atoms with E-state index >= 15 is 0 Å². The first kappa shape index (κ1) is 13.9. The second-order valence-electron chi connectivity index (χ2n) is 5.19. The van der Waals surface area contributed by atoms with E-state index in [4.69, 9.17) is 4.84 Å². The van der Waals surface area contributed by atoms with Gasteiger partial charge >= 0.3 is 6.02 Å². The summed E-state index contributed by atoms with van der Waals surface area (Å²) in [5.74, 6) is 0. The van der Waals surface area contributed by atoms with Gasteiger partial charge in [0.25, 0.3) is 0 Å². The van der Waals surface area contributed by atoms with Crippen molar-refractivity contribution in [2.75, 3.05) is 26.2 Å². The van der Waals surface area contributed by atoms with E-state index in [1.807, 2.05) is 24.3 Å². The summed E-state index contributed by atoms with van der Waals surface area (Å²) in [4.78, 5) is 9.86. The number of rotatable bonds is 3. The summed E-state index contributed by atoms with van der Waals surface area (Å²) in [5.41, 5.74) is 1.74. The Kier molecular flexibility index (Phi) is 4.03. The van der Waals surface area contributed by atoms with E-state index in [-0.39, 0.29) is 0 Å². The number of fused-ring (bicyclic) bond motifs is 1. The Labute approximate surface area is 124 Å². The van der Waals surface area contributed by atoms with Gasteiger partial charge in [0, 0.05) is 0 Å². The maximum atomic E-state index is 6.11. The molecular weight excluding hydrogens is 266 g/mol. The SMILES string of the molecule is CCN(CC)C(On1nnc2ccccc21)=[N+]1CCCC1. The molecule has 1 fully saturated rings.